The van der Waals surface area contributed by atoms with Crippen molar-refractivity contribution in [3.63, 3.8) is 0 Å². The second-order valence-corrected chi connectivity index (χ2v) is 7.33. The Morgan fingerprint density at radius 3 is 2.78 bits per heavy atom. The molecule has 1 unspecified atom stereocenters. The zero-order valence-corrected chi connectivity index (χ0v) is 15.0. The maximum absolute atomic E-state index is 10.00. The van der Waals surface area contributed by atoms with Gasteiger partial charge in [0, 0.05) is 49.4 Å². The molecule has 1 heterocycles. The number of phenols is 1. The Hall–Kier alpha value is -0.810. The minimum atomic E-state index is 0.221. The Kier molecular flexibility index (Phi) is 7.15. The van der Waals surface area contributed by atoms with E-state index in [4.69, 9.17) is 11.6 Å². The number of halogens is 1. The summed E-state index contributed by atoms with van der Waals surface area (Å²) >= 11 is 6.04. The van der Waals surface area contributed by atoms with Crippen LogP contribution in [0, 0.1) is 5.92 Å². The van der Waals surface area contributed by atoms with Crippen LogP contribution in [-0.4, -0.2) is 58.8 Å². The molecule has 1 aliphatic rings. The highest BCUT2D eigenvalue weighted by Crippen LogP contribution is 2.24. The lowest BCUT2D eigenvalue weighted by atomic mass is 10.0. The number of rotatable bonds is 7. The summed E-state index contributed by atoms with van der Waals surface area (Å²) in [7, 11) is 0. The van der Waals surface area contributed by atoms with E-state index in [9.17, 15) is 10.2 Å². The van der Waals surface area contributed by atoms with Gasteiger partial charge in [0.05, 0.1) is 0 Å². The molecular weight excluding hydrogens is 312 g/mol. The number of nitrogens with zero attached hydrogens (tertiary/aromatic N) is 2. The average molecular weight is 341 g/mol. The molecule has 5 heteroatoms. The predicted octanol–water partition coefficient (Wildman–Crippen LogP) is 2.96. The van der Waals surface area contributed by atoms with Crippen LogP contribution in [0.1, 0.15) is 32.3 Å². The Balaban J connectivity index is 1.96. The number of aliphatic hydroxyl groups is 1. The Bertz CT molecular complexity index is 496. The molecular formula is C18H29ClN2O2. The first-order valence-electron chi connectivity index (χ1n) is 8.54. The zero-order valence-electron chi connectivity index (χ0n) is 14.2. The van der Waals surface area contributed by atoms with Gasteiger partial charge >= 0.3 is 0 Å². The summed E-state index contributed by atoms with van der Waals surface area (Å²) in [5.74, 6) is 1.00. The highest BCUT2D eigenvalue weighted by atomic mass is 35.5. The fourth-order valence-electron chi connectivity index (χ4n) is 3.16. The van der Waals surface area contributed by atoms with Gasteiger partial charge in [-0.05, 0) is 43.5 Å². The van der Waals surface area contributed by atoms with E-state index in [0.717, 1.165) is 38.2 Å². The second-order valence-electron chi connectivity index (χ2n) is 6.89. The van der Waals surface area contributed by atoms with Gasteiger partial charge in [0.25, 0.3) is 0 Å². The van der Waals surface area contributed by atoms with Crippen LogP contribution >= 0.6 is 11.6 Å². The number of piperazine rings is 1. The fourth-order valence-corrected chi connectivity index (χ4v) is 3.36. The van der Waals surface area contributed by atoms with Crippen molar-refractivity contribution in [2.75, 3.05) is 32.8 Å². The lowest BCUT2D eigenvalue weighted by Crippen LogP contribution is -2.53. The molecule has 1 atom stereocenters. The predicted molar refractivity (Wildman–Crippen MR) is 94.9 cm³/mol. The average Bonchev–Trinajstić information content (AvgIpc) is 2.50. The van der Waals surface area contributed by atoms with E-state index in [1.165, 1.54) is 6.42 Å². The van der Waals surface area contributed by atoms with Gasteiger partial charge in [0.1, 0.15) is 5.75 Å². The van der Waals surface area contributed by atoms with Crippen molar-refractivity contribution >= 4 is 11.6 Å². The SMILES string of the molecule is CC(C)CCN1CCN(Cc2cc(Cl)ccc2O)CC1CCO. The largest absolute Gasteiger partial charge is 0.508 e. The third-order valence-electron chi connectivity index (χ3n) is 4.58. The van der Waals surface area contributed by atoms with Crippen molar-refractivity contribution < 1.29 is 10.2 Å². The van der Waals surface area contributed by atoms with Crippen LogP contribution < -0.4 is 0 Å². The Morgan fingerprint density at radius 2 is 2.09 bits per heavy atom. The minimum Gasteiger partial charge on any atom is -0.508 e. The first kappa shape index (κ1) is 18.5. The standard InChI is InChI=1S/C18H29ClN2O2/c1-14(2)5-7-21-9-8-20(13-17(21)6-10-22)12-15-11-16(19)3-4-18(15)23/h3-4,11,14,17,22-23H,5-10,12-13H2,1-2H3. The van der Waals surface area contributed by atoms with Crippen molar-refractivity contribution in [2.24, 2.45) is 5.92 Å². The molecule has 23 heavy (non-hydrogen) atoms. The van der Waals surface area contributed by atoms with E-state index in [1.807, 2.05) is 6.07 Å². The quantitative estimate of drug-likeness (QED) is 0.801. The molecule has 1 aromatic rings. The zero-order chi connectivity index (χ0) is 16.8. The molecule has 0 amide bonds. The number of benzene rings is 1. The summed E-state index contributed by atoms with van der Waals surface area (Å²) in [6.45, 7) is 9.43. The number of phenolic OH excluding ortho intramolecular Hbond substituents is 1. The van der Waals surface area contributed by atoms with Crippen LogP contribution in [0.4, 0.5) is 0 Å². The van der Waals surface area contributed by atoms with E-state index in [2.05, 4.69) is 23.6 Å². The van der Waals surface area contributed by atoms with Crippen LogP contribution in [0.15, 0.2) is 18.2 Å². The molecule has 0 bridgehead atoms. The number of aromatic hydroxyl groups is 1. The number of hydrogen-bond donors (Lipinski definition) is 2. The summed E-state index contributed by atoms with van der Waals surface area (Å²) < 4.78 is 0. The molecule has 1 saturated heterocycles. The van der Waals surface area contributed by atoms with Gasteiger partial charge in [0.2, 0.25) is 0 Å². The highest BCUT2D eigenvalue weighted by Gasteiger charge is 2.26. The van der Waals surface area contributed by atoms with Crippen molar-refractivity contribution in [1.82, 2.24) is 9.80 Å². The lowest BCUT2D eigenvalue weighted by molar-refractivity contribution is 0.0520. The van der Waals surface area contributed by atoms with Gasteiger partial charge in [-0.1, -0.05) is 25.4 Å². The molecule has 4 nitrogen and oxygen atoms in total. The Morgan fingerprint density at radius 1 is 1.30 bits per heavy atom. The van der Waals surface area contributed by atoms with E-state index in [1.54, 1.807) is 12.1 Å². The maximum Gasteiger partial charge on any atom is 0.120 e. The van der Waals surface area contributed by atoms with Crippen molar-refractivity contribution in [2.45, 2.75) is 39.3 Å². The molecule has 1 fully saturated rings. The monoisotopic (exact) mass is 340 g/mol. The van der Waals surface area contributed by atoms with Gasteiger partial charge in [0.15, 0.2) is 0 Å². The van der Waals surface area contributed by atoms with Crippen LogP contribution in [0.2, 0.25) is 5.02 Å². The lowest BCUT2D eigenvalue weighted by Gasteiger charge is -2.41. The van der Waals surface area contributed by atoms with Gasteiger partial charge in [-0.15, -0.1) is 0 Å². The topological polar surface area (TPSA) is 46.9 Å². The molecule has 0 aliphatic carbocycles. The minimum absolute atomic E-state index is 0.221. The Labute approximate surface area is 144 Å². The smallest absolute Gasteiger partial charge is 0.120 e. The summed E-state index contributed by atoms with van der Waals surface area (Å²) in [6, 6.07) is 5.58. The molecule has 0 spiro atoms. The molecule has 1 aliphatic heterocycles. The maximum atomic E-state index is 10.00. The molecule has 0 radical (unpaired) electrons. The fraction of sp³-hybridized carbons (Fsp3) is 0.667. The number of aliphatic hydroxyl groups excluding tert-OH is 1. The van der Waals surface area contributed by atoms with Gasteiger partial charge < -0.3 is 10.2 Å². The molecule has 130 valence electrons. The van der Waals surface area contributed by atoms with Gasteiger partial charge in [-0.25, -0.2) is 0 Å². The van der Waals surface area contributed by atoms with Crippen LogP contribution in [0.3, 0.4) is 0 Å². The molecule has 2 rings (SSSR count). The summed E-state index contributed by atoms with van der Waals surface area (Å²) in [4.78, 5) is 4.85. The third kappa shape index (κ3) is 5.64. The molecule has 0 aromatic heterocycles. The van der Waals surface area contributed by atoms with Crippen molar-refractivity contribution in [3.05, 3.63) is 28.8 Å². The van der Waals surface area contributed by atoms with E-state index < -0.39 is 0 Å². The van der Waals surface area contributed by atoms with Crippen molar-refractivity contribution in [1.29, 1.82) is 0 Å². The van der Waals surface area contributed by atoms with Crippen LogP contribution in [0.5, 0.6) is 5.75 Å². The van der Waals surface area contributed by atoms with E-state index >= 15 is 0 Å². The summed E-state index contributed by atoms with van der Waals surface area (Å²) in [5, 5.41) is 20.0. The molecule has 1 aromatic carbocycles. The van der Waals surface area contributed by atoms with Crippen LogP contribution in [0.25, 0.3) is 0 Å². The first-order valence-corrected chi connectivity index (χ1v) is 8.92. The third-order valence-corrected chi connectivity index (χ3v) is 4.82. The second kappa shape index (κ2) is 8.88. The summed E-state index contributed by atoms with van der Waals surface area (Å²) in [6.07, 6.45) is 1.99. The highest BCUT2D eigenvalue weighted by molar-refractivity contribution is 6.30. The van der Waals surface area contributed by atoms with E-state index in [0.29, 0.717) is 29.3 Å². The summed E-state index contributed by atoms with van der Waals surface area (Å²) in [5.41, 5.74) is 0.871. The molecule has 2 N–H and O–H groups in total. The first-order chi connectivity index (χ1) is 11.0. The molecule has 0 saturated carbocycles. The van der Waals surface area contributed by atoms with Gasteiger partial charge in [-0.3, -0.25) is 9.80 Å². The number of hydrogen-bond acceptors (Lipinski definition) is 4. The van der Waals surface area contributed by atoms with Gasteiger partial charge in [-0.2, -0.15) is 0 Å². The van der Waals surface area contributed by atoms with Crippen LogP contribution in [-0.2, 0) is 6.54 Å². The normalized spacial score (nSPS) is 20.3. The van der Waals surface area contributed by atoms with E-state index in [-0.39, 0.29) is 6.61 Å². The van der Waals surface area contributed by atoms with Crippen molar-refractivity contribution in [3.8, 4) is 5.75 Å².